The van der Waals surface area contributed by atoms with Gasteiger partial charge in [-0.25, -0.2) is 0 Å². The van der Waals surface area contributed by atoms with Gasteiger partial charge in [-0.2, -0.15) is 0 Å². The Hall–Kier alpha value is -0.505. The van der Waals surface area contributed by atoms with Crippen molar-refractivity contribution < 1.29 is 9.31 Å². The van der Waals surface area contributed by atoms with Crippen LogP contribution in [-0.4, -0.2) is 18.3 Å². The van der Waals surface area contributed by atoms with E-state index in [4.69, 9.17) is 20.9 Å². The van der Waals surface area contributed by atoms with Gasteiger partial charge in [0.2, 0.25) is 0 Å². The summed E-state index contributed by atoms with van der Waals surface area (Å²) in [5, 5.41) is 0.700. The molecule has 0 aliphatic carbocycles. The number of halogens is 1. The Kier molecular flexibility index (Phi) is 3.52. The molecule has 1 fully saturated rings. The fourth-order valence-corrected chi connectivity index (χ4v) is 2.17. The van der Waals surface area contributed by atoms with Gasteiger partial charge in [-0.1, -0.05) is 30.7 Å². The monoisotopic (exact) mass is 266 g/mol. The quantitative estimate of drug-likeness (QED) is 0.765. The van der Waals surface area contributed by atoms with Crippen molar-refractivity contribution in [1.82, 2.24) is 0 Å². The molecule has 0 N–H and O–H groups in total. The molecule has 1 aromatic carbocycles. The Morgan fingerprint density at radius 1 is 1.11 bits per heavy atom. The topological polar surface area (TPSA) is 18.5 Å². The summed E-state index contributed by atoms with van der Waals surface area (Å²) in [5.41, 5.74) is 1.51. The molecule has 0 amide bonds. The van der Waals surface area contributed by atoms with Crippen molar-refractivity contribution in [2.75, 3.05) is 0 Å². The highest BCUT2D eigenvalue weighted by atomic mass is 35.5. The van der Waals surface area contributed by atoms with E-state index < -0.39 is 0 Å². The third-order valence-electron chi connectivity index (χ3n) is 3.98. The van der Waals surface area contributed by atoms with E-state index in [0.29, 0.717) is 5.02 Å². The second kappa shape index (κ2) is 4.55. The molecule has 4 heteroatoms. The zero-order valence-corrected chi connectivity index (χ0v) is 12.5. The lowest BCUT2D eigenvalue weighted by Gasteiger charge is -2.32. The summed E-state index contributed by atoms with van der Waals surface area (Å²) in [5.74, 6) is 0. The average Bonchev–Trinajstić information content (AvgIpc) is 2.48. The van der Waals surface area contributed by atoms with Crippen molar-refractivity contribution in [2.24, 2.45) is 0 Å². The third-order valence-corrected chi connectivity index (χ3v) is 4.32. The average molecular weight is 267 g/mol. The predicted molar refractivity (Wildman–Crippen MR) is 76.5 cm³/mol. The molecule has 2 rings (SSSR count). The van der Waals surface area contributed by atoms with Crippen molar-refractivity contribution in [3.05, 3.63) is 28.8 Å². The molecule has 0 saturated carbocycles. The summed E-state index contributed by atoms with van der Waals surface area (Å²) in [4.78, 5) is 0. The molecule has 1 aliphatic heterocycles. The van der Waals surface area contributed by atoms with Crippen LogP contribution in [0.4, 0.5) is 0 Å². The lowest BCUT2D eigenvalue weighted by atomic mass is 9.78. The highest BCUT2D eigenvalue weighted by molar-refractivity contribution is 6.65. The van der Waals surface area contributed by atoms with Crippen molar-refractivity contribution in [2.45, 2.75) is 52.2 Å². The molecule has 18 heavy (non-hydrogen) atoms. The predicted octanol–water partition coefficient (Wildman–Crippen LogP) is 3.20. The molecule has 0 spiro atoms. The van der Waals surface area contributed by atoms with Crippen LogP contribution < -0.4 is 5.46 Å². The van der Waals surface area contributed by atoms with Gasteiger partial charge in [-0.15, -0.1) is 0 Å². The Bertz CT molecular complexity index is 441. The number of hydrogen-bond acceptors (Lipinski definition) is 2. The first kappa shape index (κ1) is 13.9. The first-order valence-electron chi connectivity index (χ1n) is 6.41. The van der Waals surface area contributed by atoms with Crippen molar-refractivity contribution in [1.29, 1.82) is 0 Å². The van der Waals surface area contributed by atoms with Gasteiger partial charge in [0, 0.05) is 10.5 Å². The van der Waals surface area contributed by atoms with Crippen LogP contribution in [0.1, 0.15) is 40.2 Å². The Labute approximate surface area is 115 Å². The molecule has 0 unspecified atom stereocenters. The number of benzene rings is 1. The van der Waals surface area contributed by atoms with Crippen molar-refractivity contribution in [3.63, 3.8) is 0 Å². The van der Waals surface area contributed by atoms with E-state index in [-0.39, 0.29) is 18.3 Å². The van der Waals surface area contributed by atoms with E-state index in [2.05, 4.69) is 13.0 Å². The van der Waals surface area contributed by atoms with Crippen LogP contribution in [0.25, 0.3) is 0 Å². The highest BCUT2D eigenvalue weighted by Gasteiger charge is 2.52. The van der Waals surface area contributed by atoms with Gasteiger partial charge in [0.25, 0.3) is 0 Å². The Morgan fingerprint density at radius 2 is 1.67 bits per heavy atom. The van der Waals surface area contributed by atoms with Crippen LogP contribution >= 0.6 is 11.6 Å². The van der Waals surface area contributed by atoms with E-state index in [1.54, 1.807) is 0 Å². The smallest absolute Gasteiger partial charge is 0.399 e. The first-order valence-corrected chi connectivity index (χ1v) is 6.78. The van der Waals surface area contributed by atoms with Gasteiger partial charge in [0.15, 0.2) is 0 Å². The molecular weight excluding hydrogens is 246 g/mol. The van der Waals surface area contributed by atoms with Crippen LogP contribution in [0.3, 0.4) is 0 Å². The first-order chi connectivity index (χ1) is 8.27. The van der Waals surface area contributed by atoms with Gasteiger partial charge in [-0.3, -0.25) is 0 Å². The maximum absolute atomic E-state index is 6.26. The minimum absolute atomic E-state index is 0.330. The standard InChI is InChI=1S/C14H20BClO2/c1-6-10-7-8-12(16)11(9-10)15-17-13(2,3)14(4,5)18-15/h7-9H,6H2,1-5H3. The third kappa shape index (κ3) is 2.32. The normalized spacial score (nSPS) is 21.3. The summed E-state index contributed by atoms with van der Waals surface area (Å²) in [7, 11) is -0.381. The van der Waals surface area contributed by atoms with Crippen molar-refractivity contribution in [3.8, 4) is 0 Å². The van der Waals surface area contributed by atoms with Gasteiger partial charge in [-0.05, 0) is 45.7 Å². The Morgan fingerprint density at radius 3 is 2.17 bits per heavy atom. The molecule has 0 atom stereocenters. The lowest BCUT2D eigenvalue weighted by molar-refractivity contribution is 0.00578. The summed E-state index contributed by atoms with van der Waals surface area (Å²) >= 11 is 6.26. The maximum Gasteiger partial charge on any atom is 0.496 e. The molecule has 1 aromatic rings. The molecule has 1 aliphatic rings. The number of hydrogen-bond donors (Lipinski definition) is 0. The maximum atomic E-state index is 6.26. The number of rotatable bonds is 2. The van der Waals surface area contributed by atoms with Crippen LogP contribution in [-0.2, 0) is 15.7 Å². The molecular formula is C14H20BClO2. The zero-order valence-electron chi connectivity index (χ0n) is 11.7. The van der Waals surface area contributed by atoms with E-state index in [9.17, 15) is 0 Å². The van der Waals surface area contributed by atoms with E-state index in [1.165, 1.54) is 5.56 Å². The molecule has 98 valence electrons. The van der Waals surface area contributed by atoms with Gasteiger partial charge >= 0.3 is 7.12 Å². The second-order valence-electron chi connectivity index (χ2n) is 5.80. The van der Waals surface area contributed by atoms with Crippen LogP contribution in [0.2, 0.25) is 5.02 Å². The summed E-state index contributed by atoms with van der Waals surface area (Å²) in [6.07, 6.45) is 0.976. The lowest BCUT2D eigenvalue weighted by Crippen LogP contribution is -2.41. The molecule has 1 heterocycles. The molecule has 0 aromatic heterocycles. The van der Waals surface area contributed by atoms with Gasteiger partial charge in [0.05, 0.1) is 11.2 Å². The molecule has 1 saturated heterocycles. The summed E-state index contributed by atoms with van der Waals surface area (Å²) in [6, 6.07) is 6.03. The molecule has 0 radical (unpaired) electrons. The summed E-state index contributed by atoms with van der Waals surface area (Å²) in [6.45, 7) is 10.3. The van der Waals surface area contributed by atoms with Crippen LogP contribution in [0.5, 0.6) is 0 Å². The number of aryl methyl sites for hydroxylation is 1. The summed E-state index contributed by atoms with van der Waals surface area (Å²) < 4.78 is 12.0. The van der Waals surface area contributed by atoms with E-state index in [0.717, 1.165) is 11.9 Å². The largest absolute Gasteiger partial charge is 0.496 e. The molecule has 2 nitrogen and oxygen atoms in total. The van der Waals surface area contributed by atoms with Crippen molar-refractivity contribution >= 4 is 24.2 Å². The highest BCUT2D eigenvalue weighted by Crippen LogP contribution is 2.37. The minimum atomic E-state index is -0.381. The van der Waals surface area contributed by atoms with Gasteiger partial charge < -0.3 is 9.31 Å². The Balaban J connectivity index is 2.34. The van der Waals surface area contributed by atoms with Gasteiger partial charge in [0.1, 0.15) is 0 Å². The fraction of sp³-hybridized carbons (Fsp3) is 0.571. The zero-order chi connectivity index (χ0) is 13.6. The van der Waals surface area contributed by atoms with Crippen LogP contribution in [0, 0.1) is 0 Å². The second-order valence-corrected chi connectivity index (χ2v) is 6.20. The minimum Gasteiger partial charge on any atom is -0.399 e. The SMILES string of the molecule is CCc1ccc(Cl)c(B2OC(C)(C)C(C)(C)O2)c1. The van der Waals surface area contributed by atoms with E-state index >= 15 is 0 Å². The fourth-order valence-electron chi connectivity index (χ4n) is 1.96. The van der Waals surface area contributed by atoms with Crippen LogP contribution in [0.15, 0.2) is 18.2 Å². The molecule has 0 bridgehead atoms. The van der Waals surface area contributed by atoms with E-state index in [1.807, 2.05) is 39.8 Å².